The van der Waals surface area contributed by atoms with Gasteiger partial charge in [0.25, 0.3) is 6.02 Å². The number of pyridine rings is 1. The average Bonchev–Trinajstić information content (AvgIpc) is 3.56. The first-order valence-corrected chi connectivity index (χ1v) is 12.3. The second-order valence-electron chi connectivity index (χ2n) is 9.24. The van der Waals surface area contributed by atoms with Gasteiger partial charge in [0.2, 0.25) is 0 Å². The van der Waals surface area contributed by atoms with E-state index in [0.717, 1.165) is 6.07 Å². The van der Waals surface area contributed by atoms with Crippen molar-refractivity contribution < 1.29 is 32.5 Å². The van der Waals surface area contributed by atoms with E-state index in [1.807, 2.05) is 13.8 Å². The highest BCUT2D eigenvalue weighted by Gasteiger charge is 2.35. The minimum Gasteiger partial charge on any atom is -0.490 e. The lowest BCUT2D eigenvalue weighted by atomic mass is 10.0. The van der Waals surface area contributed by atoms with Crippen LogP contribution in [0.25, 0.3) is 22.2 Å². The molecule has 2 aromatic heterocycles. The summed E-state index contributed by atoms with van der Waals surface area (Å²) in [6.45, 7) is 3.60. The second-order valence-corrected chi connectivity index (χ2v) is 9.24. The number of aromatic amines is 1. The SMILES string of the molecule is CC(C)Oc1ccc(-c2c[nH]c3nccc(Oc4ccc(NC5=NC(CO)CO5)cc4C(F)(F)F)c23)cc1C#N. The Hall–Kier alpha value is -4.76. The normalized spacial score (nSPS) is 15.1. The quantitative estimate of drug-likeness (QED) is 0.263. The molecule has 3 N–H and O–H groups in total. The maximum Gasteiger partial charge on any atom is 0.420 e. The number of aliphatic imine (C=N–C) groups is 1. The van der Waals surface area contributed by atoms with Gasteiger partial charge in [-0.05, 0) is 55.8 Å². The minimum atomic E-state index is -4.74. The number of nitrogens with one attached hydrogen (secondary N) is 2. The van der Waals surface area contributed by atoms with Crippen LogP contribution in [-0.4, -0.2) is 46.5 Å². The maximum atomic E-state index is 14.1. The van der Waals surface area contributed by atoms with Crippen LogP contribution in [-0.2, 0) is 10.9 Å². The van der Waals surface area contributed by atoms with Gasteiger partial charge >= 0.3 is 6.18 Å². The summed E-state index contributed by atoms with van der Waals surface area (Å²) in [5.74, 6) is 0.154. The number of aliphatic hydroxyl groups is 1. The fourth-order valence-electron chi connectivity index (χ4n) is 4.22. The van der Waals surface area contributed by atoms with Crippen LogP contribution in [0.4, 0.5) is 18.9 Å². The molecular weight excluding hydrogens is 527 g/mol. The fourth-order valence-corrected chi connectivity index (χ4v) is 4.22. The monoisotopic (exact) mass is 551 g/mol. The van der Waals surface area contributed by atoms with Gasteiger partial charge in [-0.2, -0.15) is 18.4 Å². The molecule has 3 heterocycles. The van der Waals surface area contributed by atoms with E-state index in [2.05, 4.69) is 26.3 Å². The zero-order valence-electron chi connectivity index (χ0n) is 21.4. The zero-order valence-corrected chi connectivity index (χ0v) is 21.4. The standard InChI is InChI=1S/C28H24F3N5O4/c1-15(2)39-22-5-3-16(9-17(22)11-32)20-12-34-26-25(20)24(7-8-33-26)40-23-6-4-18(10-21(23)28(29,30)31)35-27-36-19(13-37)14-38-27/h3-10,12,15,19,37H,13-14H2,1-2H3,(H,33,34)(H,35,36). The number of anilines is 1. The van der Waals surface area contributed by atoms with Crippen LogP contribution in [0.15, 0.2) is 59.9 Å². The number of aromatic nitrogens is 2. The summed E-state index contributed by atoms with van der Waals surface area (Å²) in [6.07, 6.45) is -1.78. The van der Waals surface area contributed by atoms with Gasteiger partial charge in [0.05, 0.1) is 23.7 Å². The van der Waals surface area contributed by atoms with Crippen LogP contribution in [0.5, 0.6) is 17.2 Å². The summed E-state index contributed by atoms with van der Waals surface area (Å²) in [5.41, 5.74) is 1.01. The predicted molar refractivity (Wildman–Crippen MR) is 141 cm³/mol. The van der Waals surface area contributed by atoms with E-state index in [1.54, 1.807) is 24.4 Å². The van der Waals surface area contributed by atoms with Gasteiger partial charge in [-0.3, -0.25) is 0 Å². The Morgan fingerprint density at radius 3 is 2.67 bits per heavy atom. The number of benzene rings is 2. The van der Waals surface area contributed by atoms with Gasteiger partial charge in [0.1, 0.15) is 47.2 Å². The van der Waals surface area contributed by atoms with Crippen molar-refractivity contribution in [1.82, 2.24) is 9.97 Å². The number of alkyl halides is 3. The van der Waals surface area contributed by atoms with E-state index >= 15 is 0 Å². The predicted octanol–water partition coefficient (Wildman–Crippen LogP) is 5.86. The molecule has 1 atom stereocenters. The van der Waals surface area contributed by atoms with Crippen molar-refractivity contribution in [1.29, 1.82) is 5.26 Å². The molecule has 0 amide bonds. The Labute approximate surface area is 226 Å². The van der Waals surface area contributed by atoms with E-state index < -0.39 is 23.5 Å². The highest BCUT2D eigenvalue weighted by molar-refractivity contribution is 5.98. The molecule has 0 saturated heterocycles. The number of ether oxygens (including phenoxy) is 3. The molecule has 9 nitrogen and oxygen atoms in total. The highest BCUT2D eigenvalue weighted by atomic mass is 19.4. The van der Waals surface area contributed by atoms with Crippen molar-refractivity contribution in [2.75, 3.05) is 18.5 Å². The van der Waals surface area contributed by atoms with Crippen LogP contribution in [0, 0.1) is 11.3 Å². The third-order valence-corrected chi connectivity index (χ3v) is 5.99. The summed E-state index contributed by atoms with van der Waals surface area (Å²) in [5, 5.41) is 22.0. The Morgan fingerprint density at radius 2 is 1.98 bits per heavy atom. The van der Waals surface area contributed by atoms with E-state index in [4.69, 9.17) is 14.2 Å². The largest absolute Gasteiger partial charge is 0.490 e. The molecule has 0 saturated carbocycles. The first-order valence-electron chi connectivity index (χ1n) is 12.3. The summed E-state index contributed by atoms with van der Waals surface area (Å²) in [7, 11) is 0. The summed E-state index contributed by atoms with van der Waals surface area (Å²) in [6, 6.07) is 11.7. The molecule has 0 fully saturated rings. The number of aliphatic hydroxyl groups excluding tert-OH is 1. The third kappa shape index (κ3) is 5.50. The van der Waals surface area contributed by atoms with Crippen LogP contribution in [0.1, 0.15) is 25.0 Å². The molecule has 5 rings (SSSR count). The van der Waals surface area contributed by atoms with E-state index in [9.17, 15) is 23.5 Å². The van der Waals surface area contributed by atoms with Crippen LogP contribution in [0.2, 0.25) is 0 Å². The topological polar surface area (TPSA) is 125 Å². The summed E-state index contributed by atoms with van der Waals surface area (Å²) >= 11 is 0. The Balaban J connectivity index is 1.52. The first-order chi connectivity index (χ1) is 19.2. The molecule has 0 spiro atoms. The average molecular weight is 552 g/mol. The highest BCUT2D eigenvalue weighted by Crippen LogP contribution is 2.43. The maximum absolute atomic E-state index is 14.1. The Morgan fingerprint density at radius 1 is 1.18 bits per heavy atom. The fraction of sp³-hybridized carbons (Fsp3) is 0.250. The van der Waals surface area contributed by atoms with Crippen molar-refractivity contribution >= 4 is 22.7 Å². The zero-order chi connectivity index (χ0) is 28.4. The molecule has 2 aromatic carbocycles. The molecule has 40 heavy (non-hydrogen) atoms. The lowest BCUT2D eigenvalue weighted by molar-refractivity contribution is -0.138. The lowest BCUT2D eigenvalue weighted by Gasteiger charge is -2.16. The number of nitriles is 1. The van der Waals surface area contributed by atoms with E-state index in [1.165, 1.54) is 24.4 Å². The third-order valence-electron chi connectivity index (χ3n) is 5.99. The van der Waals surface area contributed by atoms with Crippen molar-refractivity contribution in [3.05, 3.63) is 66.0 Å². The van der Waals surface area contributed by atoms with Gasteiger partial charge in [0, 0.05) is 23.6 Å². The summed E-state index contributed by atoms with van der Waals surface area (Å²) in [4.78, 5) is 11.4. The van der Waals surface area contributed by atoms with Gasteiger partial charge in [-0.25, -0.2) is 9.98 Å². The van der Waals surface area contributed by atoms with Crippen molar-refractivity contribution in [3.8, 4) is 34.4 Å². The van der Waals surface area contributed by atoms with Crippen LogP contribution < -0.4 is 14.8 Å². The number of nitrogens with zero attached hydrogens (tertiary/aromatic N) is 3. The van der Waals surface area contributed by atoms with Crippen LogP contribution >= 0.6 is 0 Å². The number of halogens is 3. The molecule has 206 valence electrons. The molecule has 0 bridgehead atoms. The van der Waals surface area contributed by atoms with Gasteiger partial charge < -0.3 is 29.6 Å². The van der Waals surface area contributed by atoms with Crippen molar-refractivity contribution in [2.24, 2.45) is 4.99 Å². The Kier molecular flexibility index (Phi) is 7.23. The molecule has 1 unspecified atom stereocenters. The van der Waals surface area contributed by atoms with Crippen molar-refractivity contribution in [2.45, 2.75) is 32.2 Å². The smallest absolute Gasteiger partial charge is 0.420 e. The number of H-pyrrole nitrogens is 1. The number of hydrogen-bond donors (Lipinski definition) is 3. The number of fused-ring (bicyclic) bond motifs is 1. The molecule has 4 aromatic rings. The molecule has 0 aliphatic carbocycles. The van der Waals surface area contributed by atoms with E-state index in [0.29, 0.717) is 33.5 Å². The minimum absolute atomic E-state index is 0.0233. The molecule has 0 radical (unpaired) electrons. The molecule has 1 aliphatic rings. The first kappa shape index (κ1) is 26.8. The van der Waals surface area contributed by atoms with Gasteiger partial charge in [-0.1, -0.05) is 6.07 Å². The number of rotatable bonds is 7. The summed E-state index contributed by atoms with van der Waals surface area (Å²) < 4.78 is 59.2. The number of amidine groups is 1. The lowest BCUT2D eigenvalue weighted by Crippen LogP contribution is -2.14. The van der Waals surface area contributed by atoms with Crippen molar-refractivity contribution in [3.63, 3.8) is 0 Å². The Bertz CT molecular complexity index is 1620. The molecular formula is C28H24F3N5O4. The molecule has 1 aliphatic heterocycles. The van der Waals surface area contributed by atoms with Crippen LogP contribution in [0.3, 0.4) is 0 Å². The number of hydrogen-bond acceptors (Lipinski definition) is 8. The van der Waals surface area contributed by atoms with Gasteiger partial charge in [-0.15, -0.1) is 0 Å². The second kappa shape index (κ2) is 10.8. The van der Waals surface area contributed by atoms with Gasteiger partial charge in [0.15, 0.2) is 0 Å². The molecule has 12 heteroatoms. The van der Waals surface area contributed by atoms with E-state index in [-0.39, 0.29) is 36.8 Å².